The van der Waals surface area contributed by atoms with Crippen LogP contribution < -0.4 is 10.6 Å². The van der Waals surface area contributed by atoms with Gasteiger partial charge in [0.2, 0.25) is 0 Å². The number of rotatable bonds is 5. The first kappa shape index (κ1) is 11.9. The van der Waals surface area contributed by atoms with E-state index in [2.05, 4.69) is 38.3 Å². The summed E-state index contributed by atoms with van der Waals surface area (Å²) in [6.07, 6.45) is -0.177. The van der Waals surface area contributed by atoms with Crippen molar-refractivity contribution >= 4 is 0 Å². The van der Waals surface area contributed by atoms with Gasteiger partial charge in [0.15, 0.2) is 6.10 Å². The average molecular weight is 176 g/mol. The molecule has 0 amide bonds. The number of aliphatic hydroxyl groups is 1. The molecule has 0 aromatic carbocycles. The van der Waals surface area contributed by atoms with Gasteiger partial charge in [0, 0.05) is 0 Å². The van der Waals surface area contributed by atoms with E-state index in [0.29, 0.717) is 0 Å². The molecule has 0 rings (SSSR count). The van der Waals surface area contributed by atoms with Gasteiger partial charge in [0.05, 0.1) is 12.1 Å². The largest absolute Gasteiger partial charge is 0.382 e. The maximum atomic E-state index is 9.48. The lowest BCUT2D eigenvalue weighted by Crippen LogP contribution is -2.97. The Hall–Kier alpha value is -0.120. The zero-order valence-corrected chi connectivity index (χ0v) is 8.80. The molecular formula is C9H24N2O+2. The number of hydrogen-bond acceptors (Lipinski definition) is 1. The van der Waals surface area contributed by atoms with Crippen molar-refractivity contribution < 1.29 is 15.7 Å². The topological polar surface area (TPSA) is 53.5 Å². The van der Waals surface area contributed by atoms with Crippen molar-refractivity contribution in [1.82, 2.24) is 0 Å². The minimum Gasteiger partial charge on any atom is -0.382 e. The first-order valence-electron chi connectivity index (χ1n) is 4.80. The molecule has 3 heteroatoms. The summed E-state index contributed by atoms with van der Waals surface area (Å²) in [6.45, 7) is 11.2. The normalized spacial score (nSPS) is 14.8. The summed E-state index contributed by atoms with van der Waals surface area (Å²) in [5.74, 6) is 0. The molecule has 1 atom stereocenters. The van der Waals surface area contributed by atoms with Gasteiger partial charge in [0.1, 0.15) is 13.1 Å². The van der Waals surface area contributed by atoms with Gasteiger partial charge in [-0.05, 0) is 27.7 Å². The Morgan fingerprint density at radius 2 is 1.83 bits per heavy atom. The van der Waals surface area contributed by atoms with Crippen LogP contribution in [0.2, 0.25) is 0 Å². The van der Waals surface area contributed by atoms with Gasteiger partial charge in [-0.25, -0.2) is 0 Å². The molecule has 0 spiro atoms. The molecule has 0 aliphatic rings. The number of hydrogen-bond donors (Lipinski definition) is 3. The van der Waals surface area contributed by atoms with Crippen LogP contribution in [-0.2, 0) is 0 Å². The highest BCUT2D eigenvalue weighted by Gasteiger charge is 2.16. The fraction of sp³-hybridized carbons (Fsp3) is 1.00. The van der Waals surface area contributed by atoms with Crippen LogP contribution in [0.5, 0.6) is 0 Å². The van der Waals surface area contributed by atoms with Crippen molar-refractivity contribution in [2.45, 2.75) is 39.3 Å². The SMILES string of the molecule is CC[NH2+]C[C@H](O)C[NH2+]C(C)(C)C. The van der Waals surface area contributed by atoms with Gasteiger partial charge in [-0.3, -0.25) is 0 Å². The molecule has 0 saturated heterocycles. The Labute approximate surface area is 75.6 Å². The molecular weight excluding hydrogens is 152 g/mol. The monoisotopic (exact) mass is 176 g/mol. The van der Waals surface area contributed by atoms with Gasteiger partial charge in [-0.1, -0.05) is 0 Å². The smallest absolute Gasteiger partial charge is 0.151 e. The van der Waals surface area contributed by atoms with Crippen molar-refractivity contribution in [2.24, 2.45) is 0 Å². The fourth-order valence-electron chi connectivity index (χ4n) is 0.945. The molecule has 0 bridgehead atoms. The number of aliphatic hydroxyl groups excluding tert-OH is 1. The van der Waals surface area contributed by atoms with Crippen molar-refractivity contribution in [3.63, 3.8) is 0 Å². The van der Waals surface area contributed by atoms with Crippen molar-refractivity contribution in [3.05, 3.63) is 0 Å². The predicted molar refractivity (Wildman–Crippen MR) is 49.9 cm³/mol. The van der Waals surface area contributed by atoms with Crippen molar-refractivity contribution in [2.75, 3.05) is 19.6 Å². The molecule has 74 valence electrons. The van der Waals surface area contributed by atoms with Gasteiger partial charge < -0.3 is 15.7 Å². The molecule has 12 heavy (non-hydrogen) atoms. The summed E-state index contributed by atoms with van der Waals surface area (Å²) in [7, 11) is 0. The first-order chi connectivity index (χ1) is 5.45. The molecule has 0 radical (unpaired) electrons. The number of nitrogens with two attached hydrogens (primary N) is 2. The second kappa shape index (κ2) is 5.51. The third-order valence-electron chi connectivity index (χ3n) is 1.73. The summed E-state index contributed by atoms with van der Waals surface area (Å²) in [5, 5.41) is 13.8. The van der Waals surface area contributed by atoms with Crippen molar-refractivity contribution in [1.29, 1.82) is 0 Å². The highest BCUT2D eigenvalue weighted by Crippen LogP contribution is 1.88. The van der Waals surface area contributed by atoms with E-state index in [4.69, 9.17) is 0 Å². The lowest BCUT2D eigenvalue weighted by Gasteiger charge is -2.18. The minimum absolute atomic E-state index is 0.177. The van der Waals surface area contributed by atoms with Crippen LogP contribution in [0.3, 0.4) is 0 Å². The van der Waals surface area contributed by atoms with E-state index >= 15 is 0 Å². The maximum absolute atomic E-state index is 9.48. The predicted octanol–water partition coefficient (Wildman–Crippen LogP) is -1.71. The number of likely N-dealkylation sites (N-methyl/N-ethyl adjacent to an activating group) is 1. The Balaban J connectivity index is 3.37. The maximum Gasteiger partial charge on any atom is 0.151 e. The fourth-order valence-corrected chi connectivity index (χ4v) is 0.945. The van der Waals surface area contributed by atoms with Crippen LogP contribution in [0.15, 0.2) is 0 Å². The van der Waals surface area contributed by atoms with Gasteiger partial charge in [0.25, 0.3) is 0 Å². The standard InChI is InChI=1S/C9H22N2O/c1-5-10-6-8(12)7-11-9(2,3)4/h8,10-12H,5-7H2,1-4H3/p+2/t8-/m0/s1. The van der Waals surface area contributed by atoms with E-state index in [1.165, 1.54) is 0 Å². The molecule has 0 aromatic rings. The molecule has 0 unspecified atom stereocenters. The van der Waals surface area contributed by atoms with E-state index in [1.54, 1.807) is 0 Å². The summed E-state index contributed by atoms with van der Waals surface area (Å²) in [5.41, 5.74) is 0.229. The van der Waals surface area contributed by atoms with E-state index in [-0.39, 0.29) is 11.6 Å². The molecule has 0 saturated carbocycles. The zero-order valence-electron chi connectivity index (χ0n) is 8.80. The van der Waals surface area contributed by atoms with Crippen LogP contribution >= 0.6 is 0 Å². The molecule has 3 nitrogen and oxygen atoms in total. The molecule has 0 aliphatic heterocycles. The molecule has 0 aliphatic carbocycles. The minimum atomic E-state index is -0.177. The summed E-state index contributed by atoms with van der Waals surface area (Å²) >= 11 is 0. The molecule has 5 N–H and O–H groups in total. The molecule has 0 fully saturated rings. The quantitative estimate of drug-likeness (QED) is 0.459. The molecule has 0 aromatic heterocycles. The third kappa shape index (κ3) is 7.98. The van der Waals surface area contributed by atoms with Gasteiger partial charge in [-0.15, -0.1) is 0 Å². The summed E-state index contributed by atoms with van der Waals surface area (Å²) in [4.78, 5) is 0. The molecule has 0 heterocycles. The van der Waals surface area contributed by atoms with E-state index in [0.717, 1.165) is 19.6 Å². The first-order valence-corrected chi connectivity index (χ1v) is 4.80. The Morgan fingerprint density at radius 3 is 2.25 bits per heavy atom. The van der Waals surface area contributed by atoms with Crippen LogP contribution in [0.4, 0.5) is 0 Å². The van der Waals surface area contributed by atoms with Crippen molar-refractivity contribution in [3.8, 4) is 0 Å². The number of quaternary nitrogens is 2. The zero-order chi connectivity index (χ0) is 9.61. The van der Waals surface area contributed by atoms with E-state index in [1.807, 2.05) is 0 Å². The lowest BCUT2D eigenvalue weighted by molar-refractivity contribution is -0.731. The highest BCUT2D eigenvalue weighted by molar-refractivity contribution is 4.54. The average Bonchev–Trinajstić information content (AvgIpc) is 1.95. The summed E-state index contributed by atoms with van der Waals surface area (Å²) in [6, 6.07) is 0. The van der Waals surface area contributed by atoms with E-state index in [9.17, 15) is 5.11 Å². The summed E-state index contributed by atoms with van der Waals surface area (Å²) < 4.78 is 0. The Bertz CT molecular complexity index is 110. The highest BCUT2D eigenvalue weighted by atomic mass is 16.3. The van der Waals surface area contributed by atoms with Gasteiger partial charge >= 0.3 is 0 Å². The second-order valence-electron chi connectivity index (χ2n) is 4.39. The third-order valence-corrected chi connectivity index (χ3v) is 1.73. The Morgan fingerprint density at radius 1 is 1.25 bits per heavy atom. The second-order valence-corrected chi connectivity index (χ2v) is 4.39. The Kier molecular flexibility index (Phi) is 5.46. The van der Waals surface area contributed by atoms with Crippen LogP contribution in [-0.4, -0.2) is 36.4 Å². The van der Waals surface area contributed by atoms with Crippen LogP contribution in [0.25, 0.3) is 0 Å². The van der Waals surface area contributed by atoms with Gasteiger partial charge in [-0.2, -0.15) is 0 Å². The van der Waals surface area contributed by atoms with Crippen LogP contribution in [0, 0.1) is 0 Å². The lowest BCUT2D eigenvalue weighted by atomic mass is 10.1. The van der Waals surface area contributed by atoms with E-state index < -0.39 is 0 Å². The van der Waals surface area contributed by atoms with Crippen LogP contribution in [0.1, 0.15) is 27.7 Å².